The minimum Gasteiger partial charge on any atom is -0.440 e. The van der Waals surface area contributed by atoms with E-state index in [-0.39, 0.29) is 11.8 Å². The Morgan fingerprint density at radius 1 is 1.23 bits per heavy atom. The van der Waals surface area contributed by atoms with Gasteiger partial charge in [0.2, 0.25) is 0 Å². The van der Waals surface area contributed by atoms with Gasteiger partial charge in [-0.1, -0.05) is 17.7 Å². The molecule has 26 heavy (non-hydrogen) atoms. The molecule has 1 saturated heterocycles. The molecule has 5 nitrogen and oxygen atoms in total. The summed E-state index contributed by atoms with van der Waals surface area (Å²) in [6.45, 7) is 3.29. The minimum absolute atomic E-state index is 0.0394. The van der Waals surface area contributed by atoms with Crippen LogP contribution in [0.25, 0.3) is 11.1 Å². The first-order chi connectivity index (χ1) is 12.5. The van der Waals surface area contributed by atoms with Gasteiger partial charge in [-0.05, 0) is 55.7 Å². The van der Waals surface area contributed by atoms with Crippen molar-refractivity contribution in [3.63, 3.8) is 0 Å². The first-order valence-electron chi connectivity index (χ1n) is 8.72. The highest BCUT2D eigenvalue weighted by Crippen LogP contribution is 2.31. The normalized spacial score (nSPS) is 15.5. The zero-order valence-electron chi connectivity index (χ0n) is 14.5. The van der Waals surface area contributed by atoms with Gasteiger partial charge in [0, 0.05) is 35.3 Å². The second kappa shape index (κ2) is 6.65. The number of piperidine rings is 1. The number of carbonyl (C=O) groups is 1. The summed E-state index contributed by atoms with van der Waals surface area (Å²) in [5, 5.41) is 0.648. The van der Waals surface area contributed by atoms with Gasteiger partial charge in [-0.25, -0.2) is 4.98 Å². The zero-order valence-corrected chi connectivity index (χ0v) is 15.3. The van der Waals surface area contributed by atoms with E-state index in [9.17, 15) is 4.79 Å². The summed E-state index contributed by atoms with van der Waals surface area (Å²) in [7, 11) is 0. The molecule has 0 aliphatic carbocycles. The van der Waals surface area contributed by atoms with Gasteiger partial charge >= 0.3 is 0 Å². The standard InChI is InChI=1S/C20H20ClN3O2/c1-12-2-4-15(22)11-16(12)20(25)24-8-6-13(7-9-24)19-23-17-10-14(21)3-5-18(17)26-19/h2-5,10-11,13H,6-9,22H2,1H3. The third-order valence-corrected chi connectivity index (χ3v) is 5.22. The van der Waals surface area contributed by atoms with E-state index in [0.29, 0.717) is 29.4 Å². The SMILES string of the molecule is Cc1ccc(N)cc1C(=O)N1CCC(c2nc3cc(Cl)ccc3o2)CC1. The number of nitrogens with two attached hydrogens (primary N) is 1. The summed E-state index contributed by atoms with van der Waals surface area (Å²) in [5.74, 6) is 0.985. The lowest BCUT2D eigenvalue weighted by molar-refractivity contribution is 0.0706. The van der Waals surface area contributed by atoms with Crippen molar-refractivity contribution in [3.8, 4) is 0 Å². The first kappa shape index (κ1) is 16.9. The molecule has 2 heterocycles. The van der Waals surface area contributed by atoms with Gasteiger partial charge in [-0.3, -0.25) is 4.79 Å². The predicted octanol–water partition coefficient (Wildman–Crippen LogP) is 4.39. The number of likely N-dealkylation sites (tertiary alicyclic amines) is 1. The number of nitrogen functional groups attached to an aromatic ring is 1. The molecule has 1 fully saturated rings. The van der Waals surface area contributed by atoms with Gasteiger partial charge in [-0.15, -0.1) is 0 Å². The maximum absolute atomic E-state index is 12.8. The van der Waals surface area contributed by atoms with E-state index >= 15 is 0 Å². The third kappa shape index (κ3) is 3.15. The number of carbonyl (C=O) groups excluding carboxylic acids is 1. The number of hydrogen-bond donors (Lipinski definition) is 1. The Balaban J connectivity index is 1.48. The molecule has 1 aromatic heterocycles. The molecule has 0 spiro atoms. The maximum atomic E-state index is 12.8. The molecule has 2 N–H and O–H groups in total. The molecule has 2 aromatic carbocycles. The summed E-state index contributed by atoms with van der Waals surface area (Å²) < 4.78 is 5.89. The van der Waals surface area contributed by atoms with Crippen molar-refractivity contribution >= 4 is 34.3 Å². The summed E-state index contributed by atoms with van der Waals surface area (Å²) in [4.78, 5) is 19.3. The highest BCUT2D eigenvalue weighted by molar-refractivity contribution is 6.31. The van der Waals surface area contributed by atoms with Crippen LogP contribution in [0.4, 0.5) is 5.69 Å². The molecule has 134 valence electrons. The Kier molecular flexibility index (Phi) is 4.32. The van der Waals surface area contributed by atoms with E-state index in [1.54, 1.807) is 12.1 Å². The molecule has 0 unspecified atom stereocenters. The predicted molar refractivity (Wildman–Crippen MR) is 102 cm³/mol. The number of benzene rings is 2. The van der Waals surface area contributed by atoms with Crippen molar-refractivity contribution in [1.82, 2.24) is 9.88 Å². The Morgan fingerprint density at radius 2 is 2.00 bits per heavy atom. The monoisotopic (exact) mass is 369 g/mol. The largest absolute Gasteiger partial charge is 0.440 e. The highest BCUT2D eigenvalue weighted by Gasteiger charge is 2.28. The molecular formula is C20H20ClN3O2. The number of nitrogens with zero attached hydrogens (tertiary/aromatic N) is 2. The molecule has 1 aliphatic heterocycles. The second-order valence-corrected chi connectivity index (χ2v) is 7.24. The molecule has 0 atom stereocenters. The fourth-order valence-corrected chi connectivity index (χ4v) is 3.63. The number of fused-ring (bicyclic) bond motifs is 1. The molecular weight excluding hydrogens is 350 g/mol. The smallest absolute Gasteiger partial charge is 0.254 e. The van der Waals surface area contributed by atoms with E-state index in [4.69, 9.17) is 21.8 Å². The third-order valence-electron chi connectivity index (χ3n) is 4.99. The molecule has 0 saturated carbocycles. The van der Waals surface area contributed by atoms with Crippen LogP contribution in [-0.4, -0.2) is 28.9 Å². The molecule has 0 radical (unpaired) electrons. The number of anilines is 1. The van der Waals surface area contributed by atoms with Crippen LogP contribution in [0, 0.1) is 6.92 Å². The van der Waals surface area contributed by atoms with Crippen LogP contribution in [-0.2, 0) is 0 Å². The van der Waals surface area contributed by atoms with E-state index in [1.807, 2.05) is 36.1 Å². The van der Waals surface area contributed by atoms with Crippen LogP contribution >= 0.6 is 11.6 Å². The van der Waals surface area contributed by atoms with Gasteiger partial charge in [-0.2, -0.15) is 0 Å². The Hall–Kier alpha value is -2.53. The van der Waals surface area contributed by atoms with Gasteiger partial charge in [0.05, 0.1) is 0 Å². The number of oxazole rings is 1. The number of rotatable bonds is 2. The molecule has 4 rings (SSSR count). The number of halogens is 1. The van der Waals surface area contributed by atoms with Gasteiger partial charge < -0.3 is 15.1 Å². The second-order valence-electron chi connectivity index (χ2n) is 6.80. The van der Waals surface area contributed by atoms with Crippen molar-refractivity contribution in [2.75, 3.05) is 18.8 Å². The zero-order chi connectivity index (χ0) is 18.3. The maximum Gasteiger partial charge on any atom is 0.254 e. The van der Waals surface area contributed by atoms with Crippen molar-refractivity contribution in [2.24, 2.45) is 0 Å². The average Bonchev–Trinajstić information content (AvgIpc) is 3.06. The summed E-state index contributed by atoms with van der Waals surface area (Å²) in [6.07, 6.45) is 1.65. The summed E-state index contributed by atoms with van der Waals surface area (Å²) >= 11 is 6.02. The van der Waals surface area contributed by atoms with E-state index in [0.717, 1.165) is 35.4 Å². The lowest BCUT2D eigenvalue weighted by atomic mass is 9.95. The summed E-state index contributed by atoms with van der Waals surface area (Å²) in [6, 6.07) is 10.9. The van der Waals surface area contributed by atoms with Crippen molar-refractivity contribution < 1.29 is 9.21 Å². The van der Waals surface area contributed by atoms with Crippen LogP contribution in [0.15, 0.2) is 40.8 Å². The van der Waals surface area contributed by atoms with E-state index in [2.05, 4.69) is 4.98 Å². The minimum atomic E-state index is 0.0394. The van der Waals surface area contributed by atoms with Crippen molar-refractivity contribution in [3.05, 3.63) is 58.4 Å². The number of hydrogen-bond acceptors (Lipinski definition) is 4. The number of aryl methyl sites for hydroxylation is 1. The van der Waals surface area contributed by atoms with Crippen LogP contribution in [0.5, 0.6) is 0 Å². The Morgan fingerprint density at radius 3 is 2.77 bits per heavy atom. The first-order valence-corrected chi connectivity index (χ1v) is 9.10. The van der Waals surface area contributed by atoms with Gasteiger partial charge in [0.15, 0.2) is 11.5 Å². The van der Waals surface area contributed by atoms with E-state index in [1.165, 1.54) is 0 Å². The van der Waals surface area contributed by atoms with Crippen LogP contribution in [0.2, 0.25) is 5.02 Å². The average molecular weight is 370 g/mol. The molecule has 3 aromatic rings. The van der Waals surface area contributed by atoms with E-state index < -0.39 is 0 Å². The fraction of sp³-hybridized carbons (Fsp3) is 0.300. The quantitative estimate of drug-likeness (QED) is 0.680. The topological polar surface area (TPSA) is 72.4 Å². The highest BCUT2D eigenvalue weighted by atomic mass is 35.5. The molecule has 6 heteroatoms. The van der Waals surface area contributed by atoms with Crippen molar-refractivity contribution in [1.29, 1.82) is 0 Å². The van der Waals surface area contributed by atoms with Crippen LogP contribution < -0.4 is 5.73 Å². The van der Waals surface area contributed by atoms with Crippen LogP contribution in [0.3, 0.4) is 0 Å². The molecule has 0 bridgehead atoms. The summed E-state index contributed by atoms with van der Waals surface area (Å²) in [5.41, 5.74) is 9.60. The van der Waals surface area contributed by atoms with Crippen LogP contribution in [0.1, 0.15) is 40.6 Å². The fourth-order valence-electron chi connectivity index (χ4n) is 3.46. The lowest BCUT2D eigenvalue weighted by Gasteiger charge is -2.31. The molecule has 1 amide bonds. The van der Waals surface area contributed by atoms with Gasteiger partial charge in [0.1, 0.15) is 5.52 Å². The Bertz CT molecular complexity index is 974. The molecule has 1 aliphatic rings. The number of aromatic nitrogens is 1. The van der Waals surface area contributed by atoms with Gasteiger partial charge in [0.25, 0.3) is 5.91 Å². The number of amides is 1. The van der Waals surface area contributed by atoms with Crippen molar-refractivity contribution in [2.45, 2.75) is 25.7 Å². The Labute approximate surface area is 156 Å². The lowest BCUT2D eigenvalue weighted by Crippen LogP contribution is -2.38.